The van der Waals surface area contributed by atoms with E-state index < -0.39 is 5.91 Å². The summed E-state index contributed by atoms with van der Waals surface area (Å²) in [6.45, 7) is 0. The Balaban J connectivity index is 2.74. The molecule has 0 aliphatic rings. The molecule has 0 aromatic heterocycles. The highest BCUT2D eigenvalue weighted by molar-refractivity contribution is 5.93. The monoisotopic (exact) mass is 194 g/mol. The van der Waals surface area contributed by atoms with Gasteiger partial charge in [-0.3, -0.25) is 4.79 Å². The first-order valence-corrected chi connectivity index (χ1v) is 3.87. The van der Waals surface area contributed by atoms with Crippen molar-refractivity contribution >= 4 is 11.6 Å². The number of amides is 1. The summed E-state index contributed by atoms with van der Waals surface area (Å²) in [6.07, 6.45) is 0. The fraction of sp³-hybridized carbons (Fsp3) is 0.125. The molecule has 0 aliphatic carbocycles. The molecule has 0 radical (unpaired) electrons. The van der Waals surface area contributed by atoms with Crippen molar-refractivity contribution < 1.29 is 9.66 Å². The summed E-state index contributed by atoms with van der Waals surface area (Å²) in [7, 11) is 1.25. The van der Waals surface area contributed by atoms with E-state index in [9.17, 15) is 10.0 Å². The van der Waals surface area contributed by atoms with Crippen molar-refractivity contribution in [2.24, 2.45) is 11.0 Å². The maximum Gasteiger partial charge on any atom is 0.248 e. The number of hydrogen-bond acceptors (Lipinski definition) is 3. The Kier molecular flexibility index (Phi) is 3.01. The van der Waals surface area contributed by atoms with Gasteiger partial charge in [-0.1, -0.05) is 0 Å². The van der Waals surface area contributed by atoms with Crippen LogP contribution in [0, 0.1) is 5.21 Å². The number of anilines is 1. The lowest BCUT2D eigenvalue weighted by Crippen LogP contribution is -2.10. The number of carbonyl (C=O) groups is 1. The van der Waals surface area contributed by atoms with Crippen molar-refractivity contribution in [2.75, 3.05) is 12.5 Å². The number of primary amides is 1. The van der Waals surface area contributed by atoms with Gasteiger partial charge >= 0.3 is 0 Å². The lowest BCUT2D eigenvalue weighted by atomic mass is 10.2. The van der Waals surface area contributed by atoms with Gasteiger partial charge in [-0.05, 0) is 24.3 Å². The first-order chi connectivity index (χ1) is 6.59. The van der Waals surface area contributed by atoms with Crippen LogP contribution in [0.4, 0.5) is 5.69 Å². The second kappa shape index (κ2) is 4.22. The van der Waals surface area contributed by atoms with Crippen LogP contribution in [0.15, 0.2) is 29.5 Å². The first-order valence-electron chi connectivity index (χ1n) is 3.87. The molecule has 0 unspecified atom stereocenters. The summed E-state index contributed by atoms with van der Waals surface area (Å²) in [4.78, 5) is 11.1. The quantitative estimate of drug-likeness (QED) is 0.421. The van der Waals surface area contributed by atoms with Gasteiger partial charge in [-0.2, -0.15) is 4.86 Å². The van der Waals surface area contributed by atoms with Crippen LogP contribution in [0.2, 0.25) is 0 Å². The third-order valence-electron chi connectivity index (χ3n) is 1.49. The fourth-order valence-electron chi connectivity index (χ4n) is 0.837. The van der Waals surface area contributed by atoms with E-state index in [1.165, 1.54) is 7.05 Å². The molecule has 1 rings (SSSR count). The molecule has 6 nitrogen and oxygen atoms in total. The summed E-state index contributed by atoms with van der Waals surface area (Å²) in [5.41, 5.74) is 8.56. The average Bonchev–Trinajstić information content (AvgIpc) is 2.15. The molecule has 74 valence electrons. The molecule has 6 heteroatoms. The molecule has 1 amide bonds. The molecule has 0 bridgehead atoms. The van der Waals surface area contributed by atoms with E-state index in [1.54, 1.807) is 24.3 Å². The van der Waals surface area contributed by atoms with Crippen molar-refractivity contribution in [2.45, 2.75) is 0 Å². The van der Waals surface area contributed by atoms with E-state index in [2.05, 4.69) is 10.6 Å². The minimum Gasteiger partial charge on any atom is -0.696 e. The molecule has 0 heterocycles. The molecule has 0 fully saturated rings. The number of nitrogens with two attached hydrogens (primary N) is 1. The highest BCUT2D eigenvalue weighted by atomic mass is 16.5. The molecular formula is C8H10N4O2. The molecule has 1 aromatic rings. The molecule has 0 spiro atoms. The second-order valence-corrected chi connectivity index (χ2v) is 2.62. The van der Waals surface area contributed by atoms with Gasteiger partial charge in [0.15, 0.2) is 0 Å². The van der Waals surface area contributed by atoms with Crippen molar-refractivity contribution in [3.8, 4) is 0 Å². The average molecular weight is 194 g/mol. The molecule has 1 aromatic carbocycles. The smallest absolute Gasteiger partial charge is 0.248 e. The Labute approximate surface area is 80.6 Å². The normalized spacial score (nSPS) is 11.1. The summed E-state index contributed by atoms with van der Waals surface area (Å²) in [5, 5.41) is 13.8. The van der Waals surface area contributed by atoms with Crippen molar-refractivity contribution in [3.05, 3.63) is 35.0 Å². The third-order valence-corrected chi connectivity index (χ3v) is 1.49. The van der Waals surface area contributed by atoms with E-state index in [1.807, 2.05) is 0 Å². The van der Waals surface area contributed by atoms with Crippen LogP contribution in [-0.2, 0) is 0 Å². The van der Waals surface area contributed by atoms with E-state index >= 15 is 0 Å². The Hall–Kier alpha value is -2.11. The third kappa shape index (κ3) is 2.74. The van der Waals surface area contributed by atoms with Crippen LogP contribution in [0.1, 0.15) is 10.4 Å². The number of benzene rings is 1. The molecule has 0 saturated heterocycles. The maximum atomic E-state index is 10.7. The van der Waals surface area contributed by atoms with Gasteiger partial charge in [0.1, 0.15) is 12.7 Å². The zero-order valence-corrected chi connectivity index (χ0v) is 7.60. The Morgan fingerprint density at radius 1 is 1.50 bits per heavy atom. The predicted octanol–water partition coefficient (Wildman–Crippen LogP) is 0.705. The molecular weight excluding hydrogens is 184 g/mol. The molecule has 0 saturated carbocycles. The van der Waals surface area contributed by atoms with E-state index in [4.69, 9.17) is 5.73 Å². The number of hydrogen-bond donors (Lipinski definition) is 2. The van der Waals surface area contributed by atoms with Crippen molar-refractivity contribution in [1.29, 1.82) is 0 Å². The molecule has 3 N–H and O–H groups in total. The zero-order valence-electron chi connectivity index (χ0n) is 7.60. The lowest BCUT2D eigenvalue weighted by molar-refractivity contribution is -0.497. The van der Waals surface area contributed by atoms with Crippen LogP contribution in [0.5, 0.6) is 0 Å². The number of rotatable bonds is 3. The van der Waals surface area contributed by atoms with Gasteiger partial charge in [0.2, 0.25) is 5.91 Å². The number of nitrogens with zero attached hydrogens (tertiary/aromatic N) is 2. The fourth-order valence-corrected chi connectivity index (χ4v) is 0.837. The van der Waals surface area contributed by atoms with Crippen LogP contribution in [0.3, 0.4) is 0 Å². The zero-order chi connectivity index (χ0) is 10.6. The summed E-state index contributed by atoms with van der Waals surface area (Å²) >= 11 is 0. The number of carbonyl (C=O) groups excluding carboxylic acids is 1. The van der Waals surface area contributed by atoms with Crippen LogP contribution < -0.4 is 11.2 Å². The first kappa shape index (κ1) is 9.97. The molecule has 0 aliphatic heterocycles. The second-order valence-electron chi connectivity index (χ2n) is 2.62. The van der Waals surface area contributed by atoms with Gasteiger partial charge in [0.25, 0.3) is 0 Å². The van der Waals surface area contributed by atoms with Gasteiger partial charge in [-0.25, -0.2) is 0 Å². The summed E-state index contributed by atoms with van der Waals surface area (Å²) < 4.78 is 0. The number of nitrogens with one attached hydrogen (secondary N) is 1. The minimum atomic E-state index is -0.491. The van der Waals surface area contributed by atoms with Crippen LogP contribution in [0.25, 0.3) is 0 Å². The SMILES string of the molecule is C/[N+]([O-])=N\Nc1ccc(C(N)=O)cc1. The van der Waals surface area contributed by atoms with E-state index in [0.717, 1.165) is 0 Å². The summed E-state index contributed by atoms with van der Waals surface area (Å²) in [5.74, 6) is -0.491. The maximum absolute atomic E-state index is 10.7. The Morgan fingerprint density at radius 2 is 2.07 bits per heavy atom. The van der Waals surface area contributed by atoms with Gasteiger partial charge < -0.3 is 10.9 Å². The van der Waals surface area contributed by atoms with Gasteiger partial charge in [0, 0.05) is 5.56 Å². The number of hydroxylamine groups is 1. The lowest BCUT2D eigenvalue weighted by Gasteiger charge is -1.98. The topological polar surface area (TPSA) is 93.6 Å². The largest absolute Gasteiger partial charge is 0.696 e. The Bertz CT molecular complexity index is 354. The highest BCUT2D eigenvalue weighted by Gasteiger charge is 2.00. The van der Waals surface area contributed by atoms with Crippen LogP contribution >= 0.6 is 0 Å². The summed E-state index contributed by atoms with van der Waals surface area (Å²) in [6, 6.07) is 6.30. The van der Waals surface area contributed by atoms with Gasteiger partial charge in [0.05, 0.1) is 5.22 Å². The van der Waals surface area contributed by atoms with Crippen LogP contribution in [-0.4, -0.2) is 17.8 Å². The minimum absolute atomic E-state index is 0.391. The van der Waals surface area contributed by atoms with E-state index in [-0.39, 0.29) is 0 Å². The molecule has 0 atom stereocenters. The molecule has 14 heavy (non-hydrogen) atoms. The Morgan fingerprint density at radius 3 is 2.50 bits per heavy atom. The predicted molar refractivity (Wildman–Crippen MR) is 50.6 cm³/mol. The van der Waals surface area contributed by atoms with Crippen molar-refractivity contribution in [1.82, 2.24) is 0 Å². The standard InChI is InChI=1S/C8H10N4O2/c1-12(14)11-10-7-4-2-6(3-5-7)8(9)13/h2-5,10H,1H3,(H2,9,13)/b12-11+. The van der Waals surface area contributed by atoms with E-state index in [0.29, 0.717) is 16.1 Å². The van der Waals surface area contributed by atoms with Gasteiger partial charge in [-0.15, -0.1) is 5.43 Å². The van der Waals surface area contributed by atoms with Crippen molar-refractivity contribution in [3.63, 3.8) is 0 Å². The highest BCUT2D eigenvalue weighted by Crippen LogP contribution is 2.08.